The van der Waals surface area contributed by atoms with Crippen LogP contribution in [0.25, 0.3) is 10.2 Å². The van der Waals surface area contributed by atoms with Gasteiger partial charge in [-0.3, -0.25) is 0 Å². The van der Waals surface area contributed by atoms with Crippen molar-refractivity contribution in [3.8, 4) is 0 Å². The van der Waals surface area contributed by atoms with Crippen molar-refractivity contribution in [3.05, 3.63) is 23.2 Å². The molecule has 0 saturated carbocycles. The van der Waals surface area contributed by atoms with Crippen LogP contribution in [0.1, 0.15) is 0 Å². The summed E-state index contributed by atoms with van der Waals surface area (Å²) in [7, 11) is -0.165. The van der Waals surface area contributed by atoms with Gasteiger partial charge in [-0.2, -0.15) is 0 Å². The summed E-state index contributed by atoms with van der Waals surface area (Å²) in [5, 5.41) is 4.75. The van der Waals surface area contributed by atoms with Gasteiger partial charge in [-0.25, -0.2) is 17.7 Å². The van der Waals surface area contributed by atoms with Crippen molar-refractivity contribution >= 4 is 48.3 Å². The van der Waals surface area contributed by atoms with Crippen LogP contribution in [0.4, 0.5) is 5.13 Å². The van der Waals surface area contributed by atoms with Gasteiger partial charge in [0.2, 0.25) is 10.0 Å². The predicted molar refractivity (Wildman–Crippen MR) is 93.8 cm³/mol. The number of thiazole rings is 1. The minimum atomic E-state index is -3.26. The molecule has 1 saturated heterocycles. The summed E-state index contributed by atoms with van der Waals surface area (Å²) < 4.78 is 31.9. The number of sulfonamides is 1. The van der Waals surface area contributed by atoms with E-state index in [0.29, 0.717) is 18.2 Å². The van der Waals surface area contributed by atoms with Crippen LogP contribution in [0.15, 0.2) is 18.2 Å². The van der Waals surface area contributed by atoms with Crippen molar-refractivity contribution < 1.29 is 13.2 Å². The van der Waals surface area contributed by atoms with Crippen molar-refractivity contribution in [1.29, 1.82) is 0 Å². The number of hydrogen-bond acceptors (Lipinski definition) is 6. The third-order valence-corrected chi connectivity index (χ3v) is 6.99. The van der Waals surface area contributed by atoms with E-state index >= 15 is 0 Å². The molecule has 0 spiro atoms. The highest BCUT2D eigenvalue weighted by Gasteiger charge is 2.33. The first-order chi connectivity index (χ1) is 10.8. The summed E-state index contributed by atoms with van der Waals surface area (Å²) >= 11 is 7.49. The first-order valence-electron chi connectivity index (χ1n) is 7.16. The molecule has 6 nitrogen and oxygen atoms in total. The fraction of sp³-hybridized carbons (Fsp3) is 0.500. The highest BCUT2D eigenvalue weighted by atomic mass is 35.5. The van der Waals surface area contributed by atoms with Gasteiger partial charge in [0.05, 0.1) is 35.2 Å². The van der Waals surface area contributed by atoms with Gasteiger partial charge >= 0.3 is 0 Å². The standard InChI is InChI=1S/C14H18ClN3O3S2/c1-18(2)23(19,20)8-9-6-21-7-12(9)17-14-16-11-4-3-10(15)5-13(11)22-14/h3-5,9,12H,6-8H2,1-2H3,(H,16,17)/t9-,12-/m0/s1. The summed E-state index contributed by atoms with van der Waals surface area (Å²) in [5.74, 6) is -0.0352. The Bertz CT molecular complexity index is 807. The number of benzene rings is 1. The Kier molecular flexibility index (Phi) is 4.80. The Labute approximate surface area is 144 Å². The van der Waals surface area contributed by atoms with Crippen molar-refractivity contribution in [2.45, 2.75) is 6.04 Å². The van der Waals surface area contributed by atoms with Gasteiger partial charge in [-0.05, 0) is 18.2 Å². The lowest BCUT2D eigenvalue weighted by Gasteiger charge is -2.20. The van der Waals surface area contributed by atoms with Crippen LogP contribution in [0.3, 0.4) is 0 Å². The molecule has 1 fully saturated rings. The van der Waals surface area contributed by atoms with Gasteiger partial charge in [0.1, 0.15) is 0 Å². The zero-order valence-corrected chi connectivity index (χ0v) is 15.2. The molecule has 2 atom stereocenters. The number of hydrogen-bond donors (Lipinski definition) is 1. The molecule has 0 aliphatic carbocycles. The lowest BCUT2D eigenvalue weighted by Crippen LogP contribution is -2.36. The molecular weight excluding hydrogens is 358 g/mol. The first-order valence-corrected chi connectivity index (χ1v) is 9.96. The Morgan fingerprint density at radius 3 is 2.96 bits per heavy atom. The zero-order chi connectivity index (χ0) is 16.6. The Balaban J connectivity index is 1.75. The number of nitrogens with zero attached hydrogens (tertiary/aromatic N) is 2. The highest BCUT2D eigenvalue weighted by molar-refractivity contribution is 7.89. The number of rotatable bonds is 5. The molecule has 0 radical (unpaired) electrons. The number of anilines is 1. The molecule has 1 N–H and O–H groups in total. The summed E-state index contributed by atoms with van der Waals surface area (Å²) in [4.78, 5) is 4.52. The maximum absolute atomic E-state index is 12.1. The van der Waals surface area contributed by atoms with Crippen LogP contribution in [-0.4, -0.2) is 56.8 Å². The van der Waals surface area contributed by atoms with Crippen molar-refractivity contribution in [3.63, 3.8) is 0 Å². The number of nitrogens with one attached hydrogen (secondary N) is 1. The zero-order valence-electron chi connectivity index (χ0n) is 12.8. The second kappa shape index (κ2) is 6.52. The Morgan fingerprint density at radius 2 is 2.22 bits per heavy atom. The van der Waals surface area contributed by atoms with E-state index in [1.807, 2.05) is 12.1 Å². The second-order valence-corrected chi connectivity index (χ2v) is 9.43. The topological polar surface area (TPSA) is 71.5 Å². The minimum absolute atomic E-state index is 0.0639. The summed E-state index contributed by atoms with van der Waals surface area (Å²) in [6.45, 7) is 0.908. The van der Waals surface area contributed by atoms with Gasteiger partial charge < -0.3 is 10.1 Å². The van der Waals surface area contributed by atoms with Crippen molar-refractivity contribution in [2.24, 2.45) is 5.92 Å². The molecule has 0 bridgehead atoms. The lowest BCUT2D eigenvalue weighted by atomic mass is 10.1. The fourth-order valence-corrected chi connectivity index (χ4v) is 4.83. The van der Waals surface area contributed by atoms with Crippen LogP contribution < -0.4 is 5.32 Å². The van der Waals surface area contributed by atoms with Crippen LogP contribution in [0.5, 0.6) is 0 Å². The molecule has 2 aromatic rings. The van der Waals surface area contributed by atoms with Gasteiger partial charge in [0.25, 0.3) is 0 Å². The van der Waals surface area contributed by atoms with E-state index in [9.17, 15) is 8.42 Å². The molecule has 1 aliphatic rings. The monoisotopic (exact) mass is 375 g/mol. The summed E-state index contributed by atoms with van der Waals surface area (Å²) in [5.41, 5.74) is 0.873. The first kappa shape index (κ1) is 16.9. The average molecular weight is 376 g/mol. The molecule has 2 heterocycles. The molecular formula is C14H18ClN3O3S2. The van der Waals surface area contributed by atoms with Crippen LogP contribution in [0, 0.1) is 5.92 Å². The van der Waals surface area contributed by atoms with Gasteiger partial charge in [0, 0.05) is 25.0 Å². The van der Waals surface area contributed by atoms with E-state index in [1.165, 1.54) is 15.6 Å². The lowest BCUT2D eigenvalue weighted by molar-refractivity contribution is 0.187. The minimum Gasteiger partial charge on any atom is -0.379 e. The van der Waals surface area contributed by atoms with E-state index < -0.39 is 10.0 Å². The van der Waals surface area contributed by atoms with Crippen molar-refractivity contribution in [1.82, 2.24) is 9.29 Å². The second-order valence-electron chi connectivity index (χ2n) is 5.74. The summed E-state index contributed by atoms with van der Waals surface area (Å²) in [6, 6.07) is 5.48. The van der Waals surface area contributed by atoms with Gasteiger partial charge in [-0.15, -0.1) is 0 Å². The average Bonchev–Trinajstić information content (AvgIpc) is 3.05. The van der Waals surface area contributed by atoms with E-state index in [1.54, 1.807) is 20.2 Å². The smallest absolute Gasteiger partial charge is 0.214 e. The quantitative estimate of drug-likeness (QED) is 0.867. The van der Waals surface area contributed by atoms with E-state index in [2.05, 4.69) is 10.3 Å². The largest absolute Gasteiger partial charge is 0.379 e. The van der Waals surface area contributed by atoms with E-state index in [4.69, 9.17) is 16.3 Å². The van der Waals surface area contributed by atoms with Crippen LogP contribution in [0.2, 0.25) is 5.02 Å². The fourth-order valence-electron chi connectivity index (χ4n) is 2.46. The van der Waals surface area contributed by atoms with E-state index in [-0.39, 0.29) is 17.7 Å². The maximum Gasteiger partial charge on any atom is 0.214 e. The Hall–Kier alpha value is -0.930. The predicted octanol–water partition coefficient (Wildman–Crippen LogP) is 2.27. The molecule has 126 valence electrons. The normalized spacial score (nSPS) is 22.1. The van der Waals surface area contributed by atoms with E-state index in [0.717, 1.165) is 15.3 Å². The maximum atomic E-state index is 12.1. The van der Waals surface area contributed by atoms with Gasteiger partial charge in [0.15, 0.2) is 5.13 Å². The molecule has 9 heteroatoms. The van der Waals surface area contributed by atoms with Crippen LogP contribution >= 0.6 is 22.9 Å². The summed E-state index contributed by atoms with van der Waals surface area (Å²) in [6.07, 6.45) is 0. The molecule has 3 rings (SSSR count). The number of ether oxygens (including phenoxy) is 1. The third-order valence-electron chi connectivity index (χ3n) is 3.84. The number of halogens is 1. The SMILES string of the molecule is CN(C)S(=O)(=O)C[C@@H]1COC[C@@H]1Nc1nc2ccc(Cl)cc2s1. The number of fused-ring (bicyclic) bond motifs is 1. The Morgan fingerprint density at radius 1 is 1.43 bits per heavy atom. The molecule has 1 aliphatic heterocycles. The van der Waals surface area contributed by atoms with Crippen LogP contribution in [-0.2, 0) is 14.8 Å². The molecule has 0 amide bonds. The molecule has 23 heavy (non-hydrogen) atoms. The van der Waals surface area contributed by atoms with Gasteiger partial charge in [-0.1, -0.05) is 22.9 Å². The highest BCUT2D eigenvalue weighted by Crippen LogP contribution is 2.30. The third kappa shape index (κ3) is 3.77. The molecule has 1 aromatic carbocycles. The van der Waals surface area contributed by atoms with Crippen molar-refractivity contribution in [2.75, 3.05) is 38.4 Å². The number of aromatic nitrogens is 1. The molecule has 1 aromatic heterocycles. The molecule has 0 unspecified atom stereocenters.